The Kier molecular flexibility index (Phi) is 3.59. The first kappa shape index (κ1) is 14.4. The van der Waals surface area contributed by atoms with E-state index >= 15 is 0 Å². The van der Waals surface area contributed by atoms with Crippen molar-refractivity contribution in [2.24, 2.45) is 0 Å². The number of hydrogen-bond donors (Lipinski definition) is 0. The fraction of sp³-hybridized carbons (Fsp3) is 0.438. The summed E-state index contributed by atoms with van der Waals surface area (Å²) in [5.41, 5.74) is 2.49. The minimum absolute atomic E-state index is 0.177. The van der Waals surface area contributed by atoms with Crippen LogP contribution in [0.25, 0.3) is 11.3 Å². The summed E-state index contributed by atoms with van der Waals surface area (Å²) in [6, 6.07) is 3.15. The van der Waals surface area contributed by atoms with Crippen molar-refractivity contribution in [1.82, 2.24) is 4.98 Å². The summed E-state index contributed by atoms with van der Waals surface area (Å²) in [6.45, 7) is 3.65. The summed E-state index contributed by atoms with van der Waals surface area (Å²) in [6.07, 6.45) is 2.97. The maximum absolute atomic E-state index is 13.5. The van der Waals surface area contributed by atoms with E-state index in [1.54, 1.807) is 17.4 Å². The smallest absolute Gasteiger partial charge is 0.186 e. The van der Waals surface area contributed by atoms with Crippen LogP contribution in [0.5, 0.6) is 0 Å². The summed E-state index contributed by atoms with van der Waals surface area (Å²) in [5.74, 6) is -0.386. The third-order valence-electron chi connectivity index (χ3n) is 4.42. The highest BCUT2D eigenvalue weighted by Crippen LogP contribution is 2.35. The molecule has 0 spiro atoms. The van der Waals surface area contributed by atoms with Gasteiger partial charge >= 0.3 is 0 Å². The molecule has 1 aromatic carbocycles. The van der Waals surface area contributed by atoms with E-state index in [1.165, 1.54) is 6.07 Å². The maximum atomic E-state index is 13.5. The molecule has 22 heavy (non-hydrogen) atoms. The summed E-state index contributed by atoms with van der Waals surface area (Å²) < 4.78 is 19.4. The molecule has 6 heteroatoms. The highest BCUT2D eigenvalue weighted by molar-refractivity contribution is 7.14. The molecule has 3 heterocycles. The van der Waals surface area contributed by atoms with E-state index in [9.17, 15) is 4.39 Å². The number of thiazole rings is 1. The zero-order valence-corrected chi connectivity index (χ0v) is 13.8. The van der Waals surface area contributed by atoms with Crippen molar-refractivity contribution in [3.8, 4) is 11.3 Å². The van der Waals surface area contributed by atoms with Gasteiger partial charge in [-0.15, -0.1) is 11.3 Å². The molecule has 2 aromatic rings. The molecule has 2 saturated heterocycles. The molecule has 2 bridgehead atoms. The van der Waals surface area contributed by atoms with Gasteiger partial charge in [-0.1, -0.05) is 11.6 Å². The fourth-order valence-electron chi connectivity index (χ4n) is 3.23. The number of aromatic nitrogens is 1. The summed E-state index contributed by atoms with van der Waals surface area (Å²) in [7, 11) is 0. The van der Waals surface area contributed by atoms with Gasteiger partial charge in [-0.05, 0) is 37.5 Å². The average Bonchev–Trinajstić information content (AvgIpc) is 3.12. The first-order valence-corrected chi connectivity index (χ1v) is 8.68. The van der Waals surface area contributed by atoms with Crippen molar-refractivity contribution in [2.45, 2.75) is 32.0 Å². The van der Waals surface area contributed by atoms with E-state index in [0.717, 1.165) is 47.9 Å². The molecular formula is C16H16ClFN2OS. The third-order valence-corrected chi connectivity index (χ3v) is 5.79. The van der Waals surface area contributed by atoms with Crippen LogP contribution in [0.1, 0.15) is 18.4 Å². The van der Waals surface area contributed by atoms with Gasteiger partial charge in [0.25, 0.3) is 0 Å². The van der Waals surface area contributed by atoms with Crippen LogP contribution in [0.4, 0.5) is 9.52 Å². The van der Waals surface area contributed by atoms with Crippen LogP contribution in [0, 0.1) is 12.7 Å². The zero-order chi connectivity index (χ0) is 15.3. The van der Waals surface area contributed by atoms with Gasteiger partial charge in [0.05, 0.1) is 22.9 Å². The standard InChI is InChI=1S/C16H16ClFN2OS/c1-9-12(4-5-13(18)15(9)17)14-8-22-16(19-14)20-6-10-2-3-11(7-20)21-10/h4-5,8,10-11H,2-3,6-7H2,1H3/t10-,11?/m1/s1. The normalized spacial score (nSPS) is 24.0. The molecule has 0 aliphatic carbocycles. The number of ether oxygens (including phenoxy) is 1. The highest BCUT2D eigenvalue weighted by Gasteiger charge is 2.34. The molecule has 1 aromatic heterocycles. The quantitative estimate of drug-likeness (QED) is 0.817. The molecule has 0 radical (unpaired) electrons. The first-order chi connectivity index (χ1) is 10.6. The SMILES string of the molecule is Cc1c(-c2csc(N3CC4CC[C@H](C3)O4)n2)ccc(F)c1Cl. The molecule has 2 aliphatic rings. The van der Waals surface area contributed by atoms with E-state index in [0.29, 0.717) is 12.2 Å². The minimum atomic E-state index is -0.386. The van der Waals surface area contributed by atoms with Gasteiger partial charge < -0.3 is 9.64 Å². The van der Waals surface area contributed by atoms with Crippen LogP contribution in [-0.2, 0) is 4.74 Å². The van der Waals surface area contributed by atoms with E-state index in [-0.39, 0.29) is 10.8 Å². The number of nitrogens with zero attached hydrogens (tertiary/aromatic N) is 2. The lowest BCUT2D eigenvalue weighted by Gasteiger charge is -2.31. The molecular weight excluding hydrogens is 323 g/mol. The second kappa shape index (κ2) is 5.48. The number of rotatable bonds is 2. The van der Waals surface area contributed by atoms with Crippen LogP contribution in [0.2, 0.25) is 5.02 Å². The minimum Gasteiger partial charge on any atom is -0.371 e. The summed E-state index contributed by atoms with van der Waals surface area (Å²) in [4.78, 5) is 7.05. The van der Waals surface area contributed by atoms with Gasteiger partial charge in [0.1, 0.15) is 5.82 Å². The molecule has 116 valence electrons. The lowest BCUT2D eigenvalue weighted by molar-refractivity contribution is 0.0305. The topological polar surface area (TPSA) is 25.4 Å². The second-order valence-electron chi connectivity index (χ2n) is 5.91. The van der Waals surface area contributed by atoms with E-state index in [2.05, 4.69) is 4.90 Å². The van der Waals surface area contributed by atoms with Crippen molar-refractivity contribution in [3.05, 3.63) is 33.9 Å². The van der Waals surface area contributed by atoms with Gasteiger partial charge in [-0.2, -0.15) is 0 Å². The molecule has 2 fully saturated rings. The van der Waals surface area contributed by atoms with Crippen molar-refractivity contribution >= 4 is 28.1 Å². The molecule has 2 atom stereocenters. The average molecular weight is 339 g/mol. The lowest BCUT2D eigenvalue weighted by atomic mass is 10.1. The Morgan fingerprint density at radius 3 is 2.77 bits per heavy atom. The Hall–Kier alpha value is -1.17. The number of anilines is 1. The van der Waals surface area contributed by atoms with E-state index in [4.69, 9.17) is 21.3 Å². The van der Waals surface area contributed by atoms with Crippen molar-refractivity contribution in [1.29, 1.82) is 0 Å². The van der Waals surface area contributed by atoms with Crippen LogP contribution in [-0.4, -0.2) is 30.3 Å². The van der Waals surface area contributed by atoms with Crippen molar-refractivity contribution in [3.63, 3.8) is 0 Å². The van der Waals surface area contributed by atoms with Gasteiger partial charge in [0.15, 0.2) is 5.13 Å². The van der Waals surface area contributed by atoms with Gasteiger partial charge in [-0.25, -0.2) is 9.37 Å². The molecule has 1 unspecified atom stereocenters. The second-order valence-corrected chi connectivity index (χ2v) is 7.13. The third kappa shape index (κ3) is 2.41. The molecule has 4 rings (SSSR count). The number of benzene rings is 1. The largest absolute Gasteiger partial charge is 0.371 e. The Labute approximate surface area is 137 Å². The van der Waals surface area contributed by atoms with Crippen LogP contribution >= 0.6 is 22.9 Å². The lowest BCUT2D eigenvalue weighted by Crippen LogP contribution is -2.42. The number of fused-ring (bicyclic) bond motifs is 2. The highest BCUT2D eigenvalue weighted by atomic mass is 35.5. The predicted molar refractivity (Wildman–Crippen MR) is 87.4 cm³/mol. The van der Waals surface area contributed by atoms with E-state index < -0.39 is 0 Å². The molecule has 0 N–H and O–H groups in total. The summed E-state index contributed by atoms with van der Waals surface area (Å²) >= 11 is 7.63. The first-order valence-electron chi connectivity index (χ1n) is 7.42. The van der Waals surface area contributed by atoms with Crippen LogP contribution in [0.15, 0.2) is 17.5 Å². The predicted octanol–water partition coefficient (Wildman–Crippen LogP) is 4.28. The number of hydrogen-bond acceptors (Lipinski definition) is 4. The summed E-state index contributed by atoms with van der Waals surface area (Å²) in [5, 5.41) is 3.20. The van der Waals surface area contributed by atoms with Crippen molar-refractivity contribution in [2.75, 3.05) is 18.0 Å². The molecule has 3 nitrogen and oxygen atoms in total. The molecule has 2 aliphatic heterocycles. The van der Waals surface area contributed by atoms with Crippen molar-refractivity contribution < 1.29 is 9.13 Å². The van der Waals surface area contributed by atoms with E-state index in [1.807, 2.05) is 12.3 Å². The maximum Gasteiger partial charge on any atom is 0.186 e. The van der Waals surface area contributed by atoms with Crippen LogP contribution in [0.3, 0.4) is 0 Å². The zero-order valence-electron chi connectivity index (χ0n) is 12.2. The Balaban J connectivity index is 1.63. The van der Waals surface area contributed by atoms with Gasteiger partial charge in [0, 0.05) is 24.0 Å². The van der Waals surface area contributed by atoms with Crippen LogP contribution < -0.4 is 4.90 Å². The fourth-order valence-corrected chi connectivity index (χ4v) is 4.24. The Bertz CT molecular complexity index is 708. The monoisotopic (exact) mass is 338 g/mol. The number of halogens is 2. The number of morpholine rings is 1. The Morgan fingerprint density at radius 2 is 2.05 bits per heavy atom. The Morgan fingerprint density at radius 1 is 1.32 bits per heavy atom. The molecule has 0 saturated carbocycles. The molecule has 0 amide bonds. The van der Waals surface area contributed by atoms with Gasteiger partial charge in [0.2, 0.25) is 0 Å². The van der Waals surface area contributed by atoms with Gasteiger partial charge in [-0.3, -0.25) is 0 Å².